The van der Waals surface area contributed by atoms with E-state index in [1.165, 1.54) is 11.3 Å². The second kappa shape index (κ2) is 10.4. The Morgan fingerprint density at radius 3 is 2.42 bits per heavy atom. The Kier molecular flexibility index (Phi) is 7.65. The summed E-state index contributed by atoms with van der Waals surface area (Å²) in [4.78, 5) is 28.9. The van der Waals surface area contributed by atoms with E-state index >= 15 is 0 Å². The Balaban J connectivity index is 1.44. The van der Waals surface area contributed by atoms with E-state index in [2.05, 4.69) is 15.6 Å². The Morgan fingerprint density at radius 1 is 1.06 bits per heavy atom. The fourth-order valence-corrected chi connectivity index (χ4v) is 3.97. The van der Waals surface area contributed by atoms with Gasteiger partial charge < -0.3 is 15.4 Å². The van der Waals surface area contributed by atoms with Crippen molar-refractivity contribution in [3.05, 3.63) is 74.2 Å². The van der Waals surface area contributed by atoms with Gasteiger partial charge in [-0.15, -0.1) is 11.3 Å². The first kappa shape index (κ1) is 22.8. The molecule has 2 aromatic carbocycles. The van der Waals surface area contributed by atoms with Crippen molar-refractivity contribution < 1.29 is 14.3 Å². The third kappa shape index (κ3) is 6.80. The zero-order valence-electron chi connectivity index (χ0n) is 17.6. The van der Waals surface area contributed by atoms with E-state index in [0.717, 1.165) is 27.4 Å². The van der Waals surface area contributed by atoms with Gasteiger partial charge in [-0.05, 0) is 56.2 Å². The van der Waals surface area contributed by atoms with Gasteiger partial charge in [-0.1, -0.05) is 29.3 Å². The summed E-state index contributed by atoms with van der Waals surface area (Å²) >= 11 is 7.28. The predicted molar refractivity (Wildman–Crippen MR) is 124 cm³/mol. The lowest BCUT2D eigenvalue weighted by molar-refractivity contribution is -0.123. The van der Waals surface area contributed by atoms with Gasteiger partial charge >= 0.3 is 0 Å². The van der Waals surface area contributed by atoms with Gasteiger partial charge in [0.25, 0.3) is 0 Å². The van der Waals surface area contributed by atoms with Crippen LogP contribution in [-0.4, -0.2) is 23.3 Å². The third-order valence-electron chi connectivity index (χ3n) is 4.50. The molecule has 0 saturated heterocycles. The molecule has 31 heavy (non-hydrogen) atoms. The van der Waals surface area contributed by atoms with Gasteiger partial charge in [0.05, 0.1) is 18.7 Å². The molecule has 0 fully saturated rings. The fraction of sp³-hybridized carbons (Fsp3) is 0.261. The molecule has 6 nitrogen and oxygen atoms in total. The second-order valence-electron chi connectivity index (χ2n) is 7.25. The first-order chi connectivity index (χ1) is 14.8. The van der Waals surface area contributed by atoms with Crippen molar-refractivity contribution in [1.29, 1.82) is 0 Å². The lowest BCUT2D eigenvalue weighted by Gasteiger charge is -2.13. The summed E-state index contributed by atoms with van der Waals surface area (Å²) in [5.41, 5.74) is 4.56. The van der Waals surface area contributed by atoms with Crippen LogP contribution < -0.4 is 15.4 Å². The van der Waals surface area contributed by atoms with Crippen molar-refractivity contribution in [2.45, 2.75) is 33.8 Å². The minimum atomic E-state index is -0.265. The number of hydrogen-bond acceptors (Lipinski definition) is 5. The largest absolute Gasteiger partial charge is 0.486 e. The lowest BCUT2D eigenvalue weighted by atomic mass is 10.1. The number of anilines is 1. The van der Waals surface area contributed by atoms with Gasteiger partial charge in [0, 0.05) is 16.1 Å². The van der Waals surface area contributed by atoms with Crippen LogP contribution in [0.5, 0.6) is 5.75 Å². The molecule has 0 aliphatic carbocycles. The fourth-order valence-electron chi connectivity index (χ4n) is 3.14. The summed E-state index contributed by atoms with van der Waals surface area (Å²) in [7, 11) is 0. The van der Waals surface area contributed by atoms with Crippen molar-refractivity contribution >= 4 is 40.4 Å². The number of halogens is 1. The molecular formula is C23H24ClN3O3S. The highest BCUT2D eigenvalue weighted by atomic mass is 35.5. The van der Waals surface area contributed by atoms with Crippen LogP contribution in [0.25, 0.3) is 0 Å². The average molecular weight is 458 g/mol. The monoisotopic (exact) mass is 457 g/mol. The zero-order chi connectivity index (χ0) is 22.4. The Hall–Kier alpha value is -2.90. The summed E-state index contributed by atoms with van der Waals surface area (Å²) in [6.07, 6.45) is 0.104. The quantitative estimate of drug-likeness (QED) is 0.518. The van der Waals surface area contributed by atoms with Crippen LogP contribution >= 0.6 is 22.9 Å². The van der Waals surface area contributed by atoms with Crippen molar-refractivity contribution in [2.24, 2.45) is 0 Å². The Bertz CT molecular complexity index is 1060. The number of aromatic nitrogens is 1. The number of hydrogen-bond donors (Lipinski definition) is 2. The number of nitrogens with zero attached hydrogens (tertiary/aromatic N) is 1. The van der Waals surface area contributed by atoms with Gasteiger partial charge in [0.1, 0.15) is 17.4 Å². The number of carbonyl (C=O) groups is 2. The molecule has 0 aliphatic heterocycles. The highest BCUT2D eigenvalue weighted by molar-refractivity contribution is 7.09. The summed E-state index contributed by atoms with van der Waals surface area (Å²) in [6, 6.07) is 11.1. The van der Waals surface area contributed by atoms with E-state index in [1.54, 1.807) is 24.3 Å². The highest BCUT2D eigenvalue weighted by Gasteiger charge is 2.12. The number of rotatable bonds is 8. The van der Waals surface area contributed by atoms with E-state index < -0.39 is 0 Å². The summed E-state index contributed by atoms with van der Waals surface area (Å²) in [5, 5.41) is 8.75. The molecule has 1 heterocycles. The van der Waals surface area contributed by atoms with Gasteiger partial charge in [0.2, 0.25) is 11.8 Å². The molecule has 0 spiro atoms. The lowest BCUT2D eigenvalue weighted by Crippen LogP contribution is -2.34. The molecule has 0 unspecified atom stereocenters. The molecule has 3 rings (SSSR count). The van der Waals surface area contributed by atoms with Crippen LogP contribution in [0.15, 0.2) is 41.8 Å². The number of thiazole rings is 1. The molecule has 8 heteroatoms. The average Bonchev–Trinajstić information content (AvgIpc) is 3.16. The van der Waals surface area contributed by atoms with Crippen molar-refractivity contribution in [3.63, 3.8) is 0 Å². The van der Waals surface area contributed by atoms with Gasteiger partial charge in [-0.3, -0.25) is 9.59 Å². The molecule has 2 amide bonds. The Morgan fingerprint density at radius 2 is 1.74 bits per heavy atom. The topological polar surface area (TPSA) is 80.3 Å². The highest BCUT2D eigenvalue weighted by Crippen LogP contribution is 2.22. The number of benzene rings is 2. The van der Waals surface area contributed by atoms with E-state index in [-0.39, 0.29) is 24.8 Å². The molecule has 0 atom stereocenters. The second-order valence-corrected chi connectivity index (χ2v) is 8.63. The minimum absolute atomic E-state index is 0.0950. The molecule has 0 saturated carbocycles. The van der Waals surface area contributed by atoms with Crippen LogP contribution in [0.2, 0.25) is 5.02 Å². The van der Waals surface area contributed by atoms with E-state index in [9.17, 15) is 9.59 Å². The zero-order valence-corrected chi connectivity index (χ0v) is 19.2. The van der Waals surface area contributed by atoms with Gasteiger partial charge in [0.15, 0.2) is 0 Å². The number of aryl methyl sites for hydroxylation is 3. The predicted octanol–water partition coefficient (Wildman–Crippen LogP) is 4.60. The molecular weight excluding hydrogens is 434 g/mol. The Labute approximate surface area is 190 Å². The van der Waals surface area contributed by atoms with Crippen molar-refractivity contribution in [3.8, 4) is 5.75 Å². The molecule has 0 aliphatic rings. The van der Waals surface area contributed by atoms with Gasteiger partial charge in [-0.25, -0.2) is 4.98 Å². The van der Waals surface area contributed by atoms with E-state index in [0.29, 0.717) is 23.1 Å². The molecule has 162 valence electrons. The maximum absolute atomic E-state index is 12.2. The number of carbonyl (C=O) groups excluding carboxylic acids is 2. The van der Waals surface area contributed by atoms with Crippen LogP contribution in [0.4, 0.5) is 5.69 Å². The van der Waals surface area contributed by atoms with Gasteiger partial charge in [-0.2, -0.15) is 0 Å². The molecule has 2 N–H and O–H groups in total. The first-order valence-corrected chi connectivity index (χ1v) is 11.0. The molecule has 0 radical (unpaired) electrons. The normalized spacial score (nSPS) is 10.6. The van der Waals surface area contributed by atoms with Crippen molar-refractivity contribution in [2.75, 3.05) is 11.9 Å². The van der Waals surface area contributed by atoms with Crippen LogP contribution in [0.3, 0.4) is 0 Å². The summed E-state index contributed by atoms with van der Waals surface area (Å²) in [5.74, 6) is 0.172. The molecule has 1 aromatic heterocycles. The van der Waals surface area contributed by atoms with Crippen LogP contribution in [-0.2, 0) is 22.6 Å². The standard InChI is InChI=1S/C23H24ClN3O3S/c1-14-8-15(2)23(16(3)9-14)27-21(29)11-25-20(28)10-18-13-31-22(26-18)12-30-19-6-4-17(24)5-7-19/h4-9,13H,10-12H2,1-3H3,(H,25,28)(H,27,29). The maximum atomic E-state index is 12.2. The van der Waals surface area contributed by atoms with E-state index in [1.807, 2.05) is 38.3 Å². The van der Waals surface area contributed by atoms with Crippen molar-refractivity contribution in [1.82, 2.24) is 10.3 Å². The summed E-state index contributed by atoms with van der Waals surface area (Å²) < 4.78 is 5.66. The number of nitrogens with one attached hydrogen (secondary N) is 2. The third-order valence-corrected chi connectivity index (χ3v) is 5.63. The first-order valence-electron chi connectivity index (χ1n) is 9.76. The maximum Gasteiger partial charge on any atom is 0.243 e. The van der Waals surface area contributed by atoms with Crippen LogP contribution in [0.1, 0.15) is 27.4 Å². The van der Waals surface area contributed by atoms with Crippen LogP contribution in [0, 0.1) is 20.8 Å². The van der Waals surface area contributed by atoms with E-state index in [4.69, 9.17) is 16.3 Å². The summed E-state index contributed by atoms with van der Waals surface area (Å²) in [6.45, 7) is 6.13. The SMILES string of the molecule is Cc1cc(C)c(NC(=O)CNC(=O)Cc2csc(COc3ccc(Cl)cc3)n2)c(C)c1. The number of amides is 2. The minimum Gasteiger partial charge on any atom is -0.486 e. The smallest absolute Gasteiger partial charge is 0.243 e. The number of ether oxygens (including phenoxy) is 1. The molecule has 0 bridgehead atoms. The molecule has 3 aromatic rings.